The van der Waals surface area contributed by atoms with Crippen molar-refractivity contribution in [3.63, 3.8) is 0 Å². The molecule has 27 heavy (non-hydrogen) atoms. The molecule has 0 saturated carbocycles. The lowest BCUT2D eigenvalue weighted by atomic mass is 10.00. The van der Waals surface area contributed by atoms with E-state index in [4.69, 9.17) is 9.47 Å². The summed E-state index contributed by atoms with van der Waals surface area (Å²) in [5.41, 5.74) is 4.18. The fourth-order valence-electron chi connectivity index (χ4n) is 3.30. The number of phenolic OH excluding ortho intramolecular Hbond substituents is 1. The summed E-state index contributed by atoms with van der Waals surface area (Å²) in [6.45, 7) is 1.82. The van der Waals surface area contributed by atoms with E-state index in [1.807, 2.05) is 13.0 Å². The first-order valence-corrected chi connectivity index (χ1v) is 8.24. The van der Waals surface area contributed by atoms with Gasteiger partial charge in [0.1, 0.15) is 5.82 Å². The molecule has 140 valence electrons. The molecule has 0 atom stereocenters. The van der Waals surface area contributed by atoms with Gasteiger partial charge in [-0.05, 0) is 70.7 Å². The molecule has 0 amide bonds. The van der Waals surface area contributed by atoms with Crippen LogP contribution in [-0.2, 0) is 4.79 Å². The Morgan fingerprint density at radius 3 is 2.30 bits per heavy atom. The van der Waals surface area contributed by atoms with Gasteiger partial charge in [0.15, 0.2) is 11.5 Å². The number of methoxy groups -OCH3 is 2. The number of rotatable bonds is 5. The lowest BCUT2D eigenvalue weighted by Gasteiger charge is -2.11. The number of ether oxygens (including phenoxy) is 2. The Balaban J connectivity index is 2.19. The van der Waals surface area contributed by atoms with Gasteiger partial charge < -0.3 is 19.7 Å². The van der Waals surface area contributed by atoms with Crippen molar-refractivity contribution in [1.29, 1.82) is 0 Å². The third-order valence-electron chi connectivity index (χ3n) is 4.59. The number of aromatic hydroxyl groups is 1. The summed E-state index contributed by atoms with van der Waals surface area (Å²) in [6.07, 6.45) is 1.65. The standard InChI is InChI=1S/C21H19FO5/c1-11-15(6-12-7-18(26-2)21(25)19(8-12)27-3)14-5-4-13(22)9-17(14)16(11)10-20(23)24/h4-9,25H,10H2,1-3H3,(H,23,24)/b15-6-. The van der Waals surface area contributed by atoms with Crippen molar-refractivity contribution in [3.8, 4) is 17.2 Å². The van der Waals surface area contributed by atoms with Crippen molar-refractivity contribution in [3.05, 3.63) is 58.4 Å². The highest BCUT2D eigenvalue weighted by atomic mass is 19.1. The number of hydrogen-bond acceptors (Lipinski definition) is 4. The number of aliphatic carboxylic acids is 1. The van der Waals surface area contributed by atoms with E-state index in [1.165, 1.54) is 26.4 Å². The second-order valence-corrected chi connectivity index (χ2v) is 6.20. The highest BCUT2D eigenvalue weighted by molar-refractivity contribution is 6.07. The van der Waals surface area contributed by atoms with Gasteiger partial charge in [0.2, 0.25) is 5.75 Å². The minimum absolute atomic E-state index is 0.102. The minimum Gasteiger partial charge on any atom is -0.502 e. The van der Waals surface area contributed by atoms with E-state index < -0.39 is 11.8 Å². The number of carboxylic acids is 1. The Morgan fingerprint density at radius 1 is 1.11 bits per heavy atom. The molecule has 1 aliphatic rings. The normalized spacial score (nSPS) is 14.4. The van der Waals surface area contributed by atoms with Crippen molar-refractivity contribution in [2.24, 2.45) is 0 Å². The first-order chi connectivity index (χ1) is 12.8. The maximum atomic E-state index is 13.7. The van der Waals surface area contributed by atoms with E-state index in [9.17, 15) is 19.4 Å². The van der Waals surface area contributed by atoms with Crippen LogP contribution in [0.3, 0.4) is 0 Å². The van der Waals surface area contributed by atoms with Gasteiger partial charge in [-0.3, -0.25) is 4.79 Å². The molecule has 2 aromatic rings. The molecule has 6 heteroatoms. The molecule has 0 heterocycles. The first-order valence-electron chi connectivity index (χ1n) is 8.24. The number of hydrogen-bond donors (Lipinski definition) is 2. The van der Waals surface area contributed by atoms with Gasteiger partial charge >= 0.3 is 5.97 Å². The first kappa shape index (κ1) is 18.5. The summed E-state index contributed by atoms with van der Waals surface area (Å²) in [6, 6.07) is 7.65. The summed E-state index contributed by atoms with van der Waals surface area (Å²) >= 11 is 0. The fraction of sp³-hybridized carbons (Fsp3) is 0.190. The van der Waals surface area contributed by atoms with Gasteiger partial charge in [-0.2, -0.15) is 0 Å². The second-order valence-electron chi connectivity index (χ2n) is 6.20. The van der Waals surface area contributed by atoms with Gasteiger partial charge in [-0.15, -0.1) is 0 Å². The Labute approximate surface area is 156 Å². The van der Waals surface area contributed by atoms with E-state index in [1.54, 1.807) is 18.2 Å². The Kier molecular flexibility index (Phi) is 4.90. The maximum absolute atomic E-state index is 13.7. The molecule has 3 rings (SSSR count). The minimum atomic E-state index is -0.978. The molecule has 2 aromatic carbocycles. The summed E-state index contributed by atoms with van der Waals surface area (Å²) < 4.78 is 24.1. The average Bonchev–Trinajstić information content (AvgIpc) is 2.87. The number of phenols is 1. The zero-order valence-electron chi connectivity index (χ0n) is 15.2. The smallest absolute Gasteiger partial charge is 0.307 e. The predicted octanol–water partition coefficient (Wildman–Crippen LogP) is 4.35. The van der Waals surface area contributed by atoms with Crippen LogP contribution in [0.1, 0.15) is 30.0 Å². The lowest BCUT2D eigenvalue weighted by Crippen LogP contribution is -1.97. The van der Waals surface area contributed by atoms with E-state index in [0.29, 0.717) is 16.7 Å². The van der Waals surface area contributed by atoms with Crippen molar-refractivity contribution in [1.82, 2.24) is 0 Å². The van der Waals surface area contributed by atoms with Crippen molar-refractivity contribution >= 4 is 23.2 Å². The molecule has 5 nitrogen and oxygen atoms in total. The molecular weight excluding hydrogens is 351 g/mol. The van der Waals surface area contributed by atoms with Crippen LogP contribution in [0.4, 0.5) is 4.39 Å². The molecule has 0 unspecified atom stereocenters. The number of halogens is 1. The zero-order chi connectivity index (χ0) is 19.7. The third-order valence-corrected chi connectivity index (χ3v) is 4.59. The van der Waals surface area contributed by atoms with Crippen LogP contribution in [0.15, 0.2) is 35.9 Å². The van der Waals surface area contributed by atoms with Crippen molar-refractivity contribution in [2.45, 2.75) is 13.3 Å². The van der Waals surface area contributed by atoms with Gasteiger partial charge in [-0.25, -0.2) is 4.39 Å². The fourth-order valence-corrected chi connectivity index (χ4v) is 3.30. The summed E-state index contributed by atoms with van der Waals surface area (Å²) in [7, 11) is 2.88. The van der Waals surface area contributed by atoms with Crippen LogP contribution in [0.5, 0.6) is 17.2 Å². The number of carboxylic acid groups (broad SMARTS) is 1. The van der Waals surface area contributed by atoms with Crippen molar-refractivity contribution < 1.29 is 28.9 Å². The van der Waals surface area contributed by atoms with E-state index in [-0.39, 0.29) is 23.7 Å². The van der Waals surface area contributed by atoms with Gasteiger partial charge in [0, 0.05) is 0 Å². The molecule has 0 bridgehead atoms. The van der Waals surface area contributed by atoms with Crippen LogP contribution in [0.2, 0.25) is 0 Å². The summed E-state index contributed by atoms with van der Waals surface area (Å²) in [4.78, 5) is 11.3. The molecule has 0 fully saturated rings. The van der Waals surface area contributed by atoms with Gasteiger partial charge in [0.25, 0.3) is 0 Å². The van der Waals surface area contributed by atoms with Gasteiger partial charge in [-0.1, -0.05) is 6.07 Å². The Morgan fingerprint density at radius 2 is 1.74 bits per heavy atom. The number of carbonyl (C=O) groups is 1. The molecule has 0 aliphatic heterocycles. The SMILES string of the molecule is COc1cc(/C=C2/C(C)=C(CC(=O)O)c3cc(F)ccc32)cc(OC)c1O. The molecule has 0 aromatic heterocycles. The number of allylic oxidation sites excluding steroid dienone is 2. The highest BCUT2D eigenvalue weighted by Gasteiger charge is 2.26. The second kappa shape index (κ2) is 7.15. The monoisotopic (exact) mass is 370 g/mol. The van der Waals surface area contributed by atoms with Crippen LogP contribution < -0.4 is 9.47 Å². The molecule has 1 aliphatic carbocycles. The predicted molar refractivity (Wildman–Crippen MR) is 100 cm³/mol. The van der Waals surface area contributed by atoms with E-state index >= 15 is 0 Å². The average molecular weight is 370 g/mol. The quantitative estimate of drug-likeness (QED) is 0.818. The molecule has 0 saturated heterocycles. The summed E-state index contributed by atoms with van der Waals surface area (Å²) in [5, 5.41) is 19.3. The lowest BCUT2D eigenvalue weighted by molar-refractivity contribution is -0.135. The largest absolute Gasteiger partial charge is 0.502 e. The molecule has 0 radical (unpaired) electrons. The zero-order valence-corrected chi connectivity index (χ0v) is 15.2. The molecule has 0 spiro atoms. The number of fused-ring (bicyclic) bond motifs is 1. The van der Waals surface area contributed by atoms with Crippen LogP contribution >= 0.6 is 0 Å². The summed E-state index contributed by atoms with van der Waals surface area (Å²) in [5.74, 6) is -0.987. The number of benzene rings is 2. The van der Waals surface area contributed by atoms with Crippen LogP contribution in [0.25, 0.3) is 17.2 Å². The van der Waals surface area contributed by atoms with E-state index in [2.05, 4.69) is 0 Å². The van der Waals surface area contributed by atoms with Crippen molar-refractivity contribution in [2.75, 3.05) is 14.2 Å². The highest BCUT2D eigenvalue weighted by Crippen LogP contribution is 2.45. The third kappa shape index (κ3) is 3.38. The maximum Gasteiger partial charge on any atom is 0.307 e. The molecular formula is C21H19FO5. The molecule has 2 N–H and O–H groups in total. The Hall–Kier alpha value is -3.28. The topological polar surface area (TPSA) is 76.0 Å². The van der Waals surface area contributed by atoms with Crippen LogP contribution in [0, 0.1) is 5.82 Å². The Bertz CT molecular complexity index is 963. The van der Waals surface area contributed by atoms with Gasteiger partial charge in [0.05, 0.1) is 20.6 Å². The van der Waals surface area contributed by atoms with E-state index in [0.717, 1.165) is 16.7 Å². The van der Waals surface area contributed by atoms with Crippen LogP contribution in [-0.4, -0.2) is 30.4 Å².